The van der Waals surface area contributed by atoms with E-state index in [0.29, 0.717) is 6.61 Å². The minimum absolute atomic E-state index is 0.0596. The van der Waals surface area contributed by atoms with Gasteiger partial charge in [0.25, 0.3) is 0 Å². The fourth-order valence-electron chi connectivity index (χ4n) is 2.36. The third-order valence-corrected chi connectivity index (χ3v) is 11.2. The van der Waals surface area contributed by atoms with E-state index in [0.717, 1.165) is 11.1 Å². The predicted octanol–water partition coefficient (Wildman–Crippen LogP) is 5.04. The summed E-state index contributed by atoms with van der Waals surface area (Å²) in [6, 6.07) is 16.0. The molecule has 2 aromatic carbocycles. The fourth-order valence-corrected chi connectivity index (χ4v) is 4.59. The van der Waals surface area contributed by atoms with E-state index in [2.05, 4.69) is 38.6 Å². The molecule has 0 heterocycles. The Bertz CT molecular complexity index is 841. The third kappa shape index (κ3) is 5.75. The van der Waals surface area contributed by atoms with Gasteiger partial charge in [-0.2, -0.15) is 0 Å². The molecule has 1 N–H and O–H groups in total. The molecular formula is C21H31NO3SSi. The molecule has 0 bridgehead atoms. The zero-order chi connectivity index (χ0) is 20.3. The monoisotopic (exact) mass is 405 g/mol. The van der Waals surface area contributed by atoms with Crippen molar-refractivity contribution in [2.24, 2.45) is 0 Å². The van der Waals surface area contributed by atoms with Crippen LogP contribution in [-0.4, -0.2) is 23.3 Å². The lowest BCUT2D eigenvalue weighted by Gasteiger charge is -2.37. The van der Waals surface area contributed by atoms with Gasteiger partial charge in [-0.1, -0.05) is 68.8 Å². The summed E-state index contributed by atoms with van der Waals surface area (Å²) in [6.07, 6.45) is 0. The van der Waals surface area contributed by atoms with Crippen LogP contribution in [0.1, 0.15) is 37.9 Å². The van der Waals surface area contributed by atoms with Crippen LogP contribution in [0.5, 0.6) is 0 Å². The average molecular weight is 406 g/mol. The molecule has 0 aromatic heterocycles. The summed E-state index contributed by atoms with van der Waals surface area (Å²) in [5.74, 6) is 0. The van der Waals surface area contributed by atoms with Gasteiger partial charge in [0.2, 0.25) is 10.0 Å². The van der Waals surface area contributed by atoms with Crippen LogP contribution in [-0.2, 0) is 14.4 Å². The maximum atomic E-state index is 12.9. The summed E-state index contributed by atoms with van der Waals surface area (Å²) < 4.78 is 34.9. The molecule has 0 aliphatic carbocycles. The number of benzene rings is 2. The van der Waals surface area contributed by atoms with Gasteiger partial charge in [-0.15, -0.1) is 0 Å². The van der Waals surface area contributed by atoms with E-state index in [9.17, 15) is 8.42 Å². The van der Waals surface area contributed by atoms with Gasteiger partial charge >= 0.3 is 0 Å². The summed E-state index contributed by atoms with van der Waals surface area (Å²) in [5.41, 5.74) is 1.92. The van der Waals surface area contributed by atoms with Crippen molar-refractivity contribution in [2.75, 3.05) is 6.61 Å². The Morgan fingerprint density at radius 2 is 1.56 bits per heavy atom. The van der Waals surface area contributed by atoms with E-state index in [1.54, 1.807) is 24.3 Å². The first-order valence-corrected chi connectivity index (χ1v) is 13.6. The van der Waals surface area contributed by atoms with Gasteiger partial charge in [-0.3, -0.25) is 0 Å². The molecule has 0 amide bonds. The summed E-state index contributed by atoms with van der Waals surface area (Å²) in [4.78, 5) is 0.265. The molecular weight excluding hydrogens is 374 g/mol. The predicted molar refractivity (Wildman–Crippen MR) is 114 cm³/mol. The topological polar surface area (TPSA) is 55.4 Å². The number of hydrogen-bond acceptors (Lipinski definition) is 3. The molecule has 0 fully saturated rings. The number of sulfonamides is 1. The van der Waals surface area contributed by atoms with Gasteiger partial charge in [0, 0.05) is 0 Å². The Morgan fingerprint density at radius 1 is 1.00 bits per heavy atom. The van der Waals surface area contributed by atoms with Crippen LogP contribution >= 0.6 is 0 Å². The SMILES string of the molecule is Cc1ccc(S(=O)(=O)N[C@H](CO[Si](C)(C)C(C)(C)C)c2ccccc2)cc1. The van der Waals surface area contributed by atoms with Crippen LogP contribution in [0, 0.1) is 6.92 Å². The second-order valence-corrected chi connectivity index (χ2v) is 15.0. The van der Waals surface area contributed by atoms with Crippen molar-refractivity contribution in [3.63, 3.8) is 0 Å². The first-order valence-electron chi connectivity index (χ1n) is 9.20. The quantitative estimate of drug-likeness (QED) is 0.657. The molecule has 2 aromatic rings. The number of nitrogens with one attached hydrogen (secondary N) is 1. The van der Waals surface area contributed by atoms with E-state index < -0.39 is 24.4 Å². The third-order valence-electron chi connectivity index (χ3n) is 5.25. The maximum Gasteiger partial charge on any atom is 0.241 e. The molecule has 1 atom stereocenters. The molecule has 0 aliphatic heterocycles. The second kappa shape index (κ2) is 8.27. The van der Waals surface area contributed by atoms with Gasteiger partial charge in [0.15, 0.2) is 8.32 Å². The van der Waals surface area contributed by atoms with E-state index in [-0.39, 0.29) is 9.93 Å². The number of hydrogen-bond donors (Lipinski definition) is 1. The lowest BCUT2D eigenvalue weighted by Crippen LogP contribution is -2.43. The van der Waals surface area contributed by atoms with Crippen LogP contribution < -0.4 is 4.72 Å². The largest absolute Gasteiger partial charge is 0.415 e. The highest BCUT2D eigenvalue weighted by Gasteiger charge is 2.38. The van der Waals surface area contributed by atoms with Crippen LogP contribution in [0.15, 0.2) is 59.5 Å². The van der Waals surface area contributed by atoms with Crippen molar-refractivity contribution >= 4 is 18.3 Å². The molecule has 4 nitrogen and oxygen atoms in total. The van der Waals surface area contributed by atoms with Crippen molar-refractivity contribution in [1.82, 2.24) is 4.72 Å². The minimum Gasteiger partial charge on any atom is -0.415 e. The number of rotatable bonds is 7. The van der Waals surface area contributed by atoms with Crippen molar-refractivity contribution in [3.8, 4) is 0 Å². The highest BCUT2D eigenvalue weighted by Crippen LogP contribution is 2.37. The smallest absolute Gasteiger partial charge is 0.241 e. The molecule has 2 rings (SSSR count). The Labute approximate surface area is 165 Å². The van der Waals surface area contributed by atoms with Crippen LogP contribution in [0.3, 0.4) is 0 Å². The first-order chi connectivity index (χ1) is 12.4. The van der Waals surface area contributed by atoms with E-state index in [1.165, 1.54) is 0 Å². The second-order valence-electron chi connectivity index (χ2n) is 8.47. The Kier molecular flexibility index (Phi) is 6.68. The van der Waals surface area contributed by atoms with Crippen LogP contribution in [0.2, 0.25) is 18.1 Å². The molecule has 0 spiro atoms. The summed E-state index contributed by atoms with van der Waals surface area (Å²) in [6.45, 7) is 13.1. The van der Waals surface area contributed by atoms with E-state index in [1.807, 2.05) is 37.3 Å². The molecule has 0 saturated heterocycles. The van der Waals surface area contributed by atoms with Gasteiger partial charge in [-0.05, 0) is 42.8 Å². The highest BCUT2D eigenvalue weighted by molar-refractivity contribution is 7.89. The molecule has 6 heteroatoms. The lowest BCUT2D eigenvalue weighted by atomic mass is 10.1. The number of aryl methyl sites for hydroxylation is 1. The molecule has 0 radical (unpaired) electrons. The van der Waals surface area contributed by atoms with Crippen LogP contribution in [0.4, 0.5) is 0 Å². The molecule has 0 saturated carbocycles. The van der Waals surface area contributed by atoms with Crippen molar-refractivity contribution < 1.29 is 12.8 Å². The Hall–Kier alpha value is -1.47. The maximum absolute atomic E-state index is 12.9. The molecule has 148 valence electrons. The average Bonchev–Trinajstić information content (AvgIpc) is 2.58. The fraction of sp³-hybridized carbons (Fsp3) is 0.429. The van der Waals surface area contributed by atoms with Crippen molar-refractivity contribution in [1.29, 1.82) is 0 Å². The minimum atomic E-state index is -3.64. The summed E-state index contributed by atoms with van der Waals surface area (Å²) in [7, 11) is -5.64. The zero-order valence-corrected chi connectivity index (χ0v) is 18.9. The van der Waals surface area contributed by atoms with E-state index >= 15 is 0 Å². The lowest BCUT2D eigenvalue weighted by molar-refractivity contribution is 0.256. The highest BCUT2D eigenvalue weighted by atomic mass is 32.2. The van der Waals surface area contributed by atoms with Gasteiger partial charge in [0.05, 0.1) is 17.5 Å². The van der Waals surface area contributed by atoms with Crippen molar-refractivity contribution in [3.05, 3.63) is 65.7 Å². The van der Waals surface area contributed by atoms with Gasteiger partial charge in [0.1, 0.15) is 0 Å². The standard InChI is InChI=1S/C21H31NO3SSi/c1-17-12-14-19(15-13-17)26(23,24)22-20(18-10-8-7-9-11-18)16-25-27(5,6)21(2,3)4/h7-15,20,22H,16H2,1-6H3/t20-/m1/s1. The molecule has 27 heavy (non-hydrogen) atoms. The van der Waals surface area contributed by atoms with Gasteiger partial charge < -0.3 is 4.43 Å². The molecule has 0 unspecified atom stereocenters. The summed E-state index contributed by atoms with van der Waals surface area (Å²) >= 11 is 0. The zero-order valence-electron chi connectivity index (χ0n) is 17.1. The normalized spacial score (nSPS) is 14.1. The van der Waals surface area contributed by atoms with E-state index in [4.69, 9.17) is 4.43 Å². The van der Waals surface area contributed by atoms with Crippen molar-refractivity contribution in [2.45, 2.75) is 56.8 Å². The summed E-state index contributed by atoms with van der Waals surface area (Å²) in [5, 5.41) is 0.0596. The van der Waals surface area contributed by atoms with Crippen LogP contribution in [0.25, 0.3) is 0 Å². The Balaban J connectivity index is 2.27. The first kappa shape index (κ1) is 21.8. The van der Waals surface area contributed by atoms with Gasteiger partial charge in [-0.25, -0.2) is 13.1 Å². The molecule has 0 aliphatic rings. The Morgan fingerprint density at radius 3 is 2.07 bits per heavy atom.